The fourth-order valence-electron chi connectivity index (χ4n) is 0.919. The van der Waals surface area contributed by atoms with Gasteiger partial charge in [0, 0.05) is 12.1 Å². The summed E-state index contributed by atoms with van der Waals surface area (Å²) in [6.07, 6.45) is 1.31. The lowest BCUT2D eigenvalue weighted by molar-refractivity contribution is -0.384. The van der Waals surface area contributed by atoms with Crippen molar-refractivity contribution < 1.29 is 14.1 Å². The van der Waals surface area contributed by atoms with Crippen LogP contribution in [0.3, 0.4) is 0 Å². The molecule has 0 radical (unpaired) electrons. The zero-order valence-electron chi connectivity index (χ0n) is 7.23. The van der Waals surface area contributed by atoms with Crippen molar-refractivity contribution in [3.63, 3.8) is 0 Å². The van der Waals surface area contributed by atoms with Gasteiger partial charge in [-0.05, 0) is 6.07 Å². The van der Waals surface area contributed by atoms with Crippen LogP contribution in [0.5, 0.6) is 0 Å². The second kappa shape index (κ2) is 4.15. The second-order valence-electron chi connectivity index (χ2n) is 2.49. The van der Waals surface area contributed by atoms with Crippen molar-refractivity contribution in [1.82, 2.24) is 5.32 Å². The summed E-state index contributed by atoms with van der Waals surface area (Å²) in [6, 6.07) is 2.49. The summed E-state index contributed by atoms with van der Waals surface area (Å²) in [5.74, 6) is -1.94. The van der Waals surface area contributed by atoms with Crippen molar-refractivity contribution in [3.05, 3.63) is 39.7 Å². The van der Waals surface area contributed by atoms with E-state index in [0.717, 1.165) is 18.2 Å². The third-order valence-electron chi connectivity index (χ3n) is 1.57. The normalized spacial score (nSPS) is 9.07. The number of carbonyl (C=O) groups excluding carboxylic acids is 1. The SMILES string of the molecule is N#CNC(=O)c1cc([N+](=O)[O-])ccc1F. The van der Waals surface area contributed by atoms with Gasteiger partial charge in [0.15, 0.2) is 6.19 Å². The monoisotopic (exact) mass is 209 g/mol. The van der Waals surface area contributed by atoms with Crippen molar-refractivity contribution in [2.45, 2.75) is 0 Å². The molecule has 1 amide bonds. The predicted molar refractivity (Wildman–Crippen MR) is 46.1 cm³/mol. The van der Waals surface area contributed by atoms with E-state index in [1.807, 2.05) is 0 Å². The number of benzene rings is 1. The minimum absolute atomic E-state index is 0.417. The highest BCUT2D eigenvalue weighted by Crippen LogP contribution is 2.16. The molecule has 0 atom stereocenters. The van der Waals surface area contributed by atoms with Gasteiger partial charge in [0.2, 0.25) is 0 Å². The van der Waals surface area contributed by atoms with Crippen molar-refractivity contribution in [2.24, 2.45) is 0 Å². The number of halogens is 1. The molecule has 0 saturated carbocycles. The number of hydrogen-bond donors (Lipinski definition) is 1. The number of non-ortho nitro benzene ring substituents is 1. The van der Waals surface area contributed by atoms with Gasteiger partial charge in [0.25, 0.3) is 11.6 Å². The Hall–Kier alpha value is -2.49. The summed E-state index contributed by atoms with van der Waals surface area (Å²) in [7, 11) is 0. The predicted octanol–water partition coefficient (Wildman–Crippen LogP) is 0.945. The summed E-state index contributed by atoms with van der Waals surface area (Å²) in [4.78, 5) is 20.6. The van der Waals surface area contributed by atoms with E-state index < -0.39 is 27.9 Å². The number of rotatable bonds is 2. The zero-order chi connectivity index (χ0) is 11.4. The fourth-order valence-corrected chi connectivity index (χ4v) is 0.919. The molecule has 1 aromatic carbocycles. The Kier molecular flexibility index (Phi) is 2.93. The Morgan fingerprint density at radius 3 is 2.80 bits per heavy atom. The lowest BCUT2D eigenvalue weighted by Crippen LogP contribution is -2.18. The summed E-state index contributed by atoms with van der Waals surface area (Å²) in [5.41, 5.74) is -0.953. The maximum absolute atomic E-state index is 13.0. The van der Waals surface area contributed by atoms with Crippen LogP contribution in [0.25, 0.3) is 0 Å². The number of nitro groups is 1. The number of hydrogen-bond acceptors (Lipinski definition) is 4. The van der Waals surface area contributed by atoms with Gasteiger partial charge >= 0.3 is 0 Å². The average molecular weight is 209 g/mol. The molecule has 6 nitrogen and oxygen atoms in total. The van der Waals surface area contributed by atoms with Gasteiger partial charge in [0.05, 0.1) is 10.5 Å². The van der Waals surface area contributed by atoms with E-state index in [1.165, 1.54) is 6.19 Å². The number of carbonyl (C=O) groups is 1. The molecule has 0 saturated heterocycles. The van der Waals surface area contributed by atoms with Crippen molar-refractivity contribution in [2.75, 3.05) is 0 Å². The van der Waals surface area contributed by atoms with Crippen LogP contribution in [-0.4, -0.2) is 10.8 Å². The quantitative estimate of drug-likeness (QED) is 0.339. The molecule has 0 fully saturated rings. The largest absolute Gasteiger partial charge is 0.270 e. The van der Waals surface area contributed by atoms with Crippen LogP contribution in [0.4, 0.5) is 10.1 Å². The van der Waals surface area contributed by atoms with E-state index in [1.54, 1.807) is 5.32 Å². The van der Waals surface area contributed by atoms with Crippen LogP contribution in [0.1, 0.15) is 10.4 Å². The first-order chi connectivity index (χ1) is 7.06. The molecule has 0 aromatic heterocycles. The van der Waals surface area contributed by atoms with E-state index in [9.17, 15) is 19.3 Å². The first-order valence-electron chi connectivity index (χ1n) is 3.69. The van der Waals surface area contributed by atoms with Gasteiger partial charge in [-0.15, -0.1) is 0 Å². The summed E-state index contributed by atoms with van der Waals surface area (Å²) in [6.45, 7) is 0. The number of amides is 1. The third kappa shape index (κ3) is 2.25. The van der Waals surface area contributed by atoms with Crippen LogP contribution in [0.2, 0.25) is 0 Å². The van der Waals surface area contributed by atoms with E-state index in [2.05, 4.69) is 0 Å². The van der Waals surface area contributed by atoms with Gasteiger partial charge < -0.3 is 0 Å². The first kappa shape index (κ1) is 10.6. The molecule has 0 aliphatic carbocycles. The second-order valence-corrected chi connectivity index (χ2v) is 2.49. The zero-order valence-corrected chi connectivity index (χ0v) is 7.23. The van der Waals surface area contributed by atoms with Crippen LogP contribution in [0.15, 0.2) is 18.2 Å². The Balaban J connectivity index is 3.17. The van der Waals surface area contributed by atoms with E-state index in [4.69, 9.17) is 5.26 Å². The molecule has 0 aliphatic rings. The van der Waals surface area contributed by atoms with Crippen molar-refractivity contribution in [1.29, 1.82) is 5.26 Å². The third-order valence-corrected chi connectivity index (χ3v) is 1.57. The molecular weight excluding hydrogens is 205 g/mol. The van der Waals surface area contributed by atoms with Crippen molar-refractivity contribution >= 4 is 11.6 Å². The van der Waals surface area contributed by atoms with Crippen LogP contribution < -0.4 is 5.32 Å². The van der Waals surface area contributed by atoms with Gasteiger partial charge in [0.1, 0.15) is 5.82 Å². The summed E-state index contributed by atoms with van der Waals surface area (Å²) >= 11 is 0. The van der Waals surface area contributed by atoms with E-state index in [0.29, 0.717) is 0 Å². The maximum atomic E-state index is 13.0. The molecule has 1 aromatic rings. The fraction of sp³-hybridized carbons (Fsp3) is 0. The van der Waals surface area contributed by atoms with Crippen molar-refractivity contribution in [3.8, 4) is 6.19 Å². The highest BCUT2D eigenvalue weighted by Gasteiger charge is 2.16. The minimum Gasteiger partial charge on any atom is -0.268 e. The molecule has 76 valence electrons. The smallest absolute Gasteiger partial charge is 0.268 e. The molecule has 15 heavy (non-hydrogen) atoms. The highest BCUT2D eigenvalue weighted by molar-refractivity contribution is 5.95. The van der Waals surface area contributed by atoms with Gasteiger partial charge in [-0.25, -0.2) is 4.39 Å². The number of nitro benzene ring substituents is 1. The topological polar surface area (TPSA) is 96.0 Å². The Morgan fingerprint density at radius 1 is 1.60 bits per heavy atom. The van der Waals surface area contributed by atoms with Crippen LogP contribution in [-0.2, 0) is 0 Å². The van der Waals surface area contributed by atoms with Gasteiger partial charge in [-0.1, -0.05) is 0 Å². The first-order valence-corrected chi connectivity index (χ1v) is 3.69. The van der Waals surface area contributed by atoms with Gasteiger partial charge in [-0.3, -0.25) is 20.2 Å². The average Bonchev–Trinajstić information content (AvgIpc) is 2.18. The lowest BCUT2D eigenvalue weighted by Gasteiger charge is -1.99. The highest BCUT2D eigenvalue weighted by atomic mass is 19.1. The molecule has 7 heteroatoms. The van der Waals surface area contributed by atoms with Crippen LogP contribution >= 0.6 is 0 Å². The van der Waals surface area contributed by atoms with Crippen LogP contribution in [0, 0.1) is 27.4 Å². The molecule has 0 heterocycles. The standard InChI is InChI=1S/C8H4FN3O3/c9-7-2-1-5(12(14)15)3-6(7)8(13)11-4-10/h1-3H,(H,11,13). The molecule has 0 spiro atoms. The number of nitrogens with zero attached hydrogens (tertiary/aromatic N) is 2. The Morgan fingerprint density at radius 2 is 2.27 bits per heavy atom. The molecule has 0 aliphatic heterocycles. The van der Waals surface area contributed by atoms with Gasteiger partial charge in [-0.2, -0.15) is 5.26 Å². The molecule has 0 unspecified atom stereocenters. The molecule has 1 N–H and O–H groups in total. The maximum Gasteiger partial charge on any atom is 0.270 e. The number of nitrogens with one attached hydrogen (secondary N) is 1. The Labute approximate surface area is 83.1 Å². The minimum atomic E-state index is -1.02. The molecule has 1 rings (SSSR count). The van der Waals surface area contributed by atoms with E-state index >= 15 is 0 Å². The Bertz CT molecular complexity index is 467. The summed E-state index contributed by atoms with van der Waals surface area (Å²) in [5, 5.41) is 20.1. The molecule has 0 bridgehead atoms. The summed E-state index contributed by atoms with van der Waals surface area (Å²) < 4.78 is 13.0. The van der Waals surface area contributed by atoms with E-state index in [-0.39, 0.29) is 0 Å². The molecular formula is C8H4FN3O3. The lowest BCUT2D eigenvalue weighted by atomic mass is 10.2. The number of nitriles is 1.